The Hall–Kier alpha value is -0.650. The molecular weight excluding hydrogens is 310 g/mol. The first-order valence-corrected chi connectivity index (χ1v) is 7.65. The minimum Gasteiger partial charge on any atom is -0.324 e. The third-order valence-corrected chi connectivity index (χ3v) is 4.99. The Balaban J connectivity index is 2.10. The summed E-state index contributed by atoms with van der Waals surface area (Å²) < 4.78 is 3.24. The first-order valence-electron chi connectivity index (χ1n) is 6.04. The molecule has 0 amide bonds. The van der Waals surface area contributed by atoms with Crippen LogP contribution in [0.3, 0.4) is 0 Å². The van der Waals surface area contributed by atoms with Crippen molar-refractivity contribution in [2.24, 2.45) is 11.1 Å². The van der Waals surface area contributed by atoms with Gasteiger partial charge in [-0.05, 0) is 45.8 Å². The highest BCUT2D eigenvalue weighted by molar-refractivity contribution is 9.11. The summed E-state index contributed by atoms with van der Waals surface area (Å²) >= 11 is 5.11. The molecule has 96 valence electrons. The minimum atomic E-state index is 0.147. The summed E-state index contributed by atoms with van der Waals surface area (Å²) in [5.74, 6) is 0. The maximum Gasteiger partial charge on any atom is 0.194 e. The number of hydrogen-bond acceptors (Lipinski definition) is 3. The van der Waals surface area contributed by atoms with Crippen LogP contribution in [0.1, 0.15) is 37.6 Å². The van der Waals surface area contributed by atoms with Crippen LogP contribution in [0.4, 0.5) is 0 Å². The first kappa shape index (κ1) is 12.4. The van der Waals surface area contributed by atoms with Crippen molar-refractivity contribution in [3.05, 3.63) is 33.5 Å². The van der Waals surface area contributed by atoms with Crippen LogP contribution in [-0.2, 0) is 6.42 Å². The maximum atomic E-state index is 6.28. The molecule has 1 atom stereocenters. The largest absolute Gasteiger partial charge is 0.324 e. The summed E-state index contributed by atoms with van der Waals surface area (Å²) in [6, 6.07) is 2.29. The molecule has 0 radical (unpaired) electrons. The van der Waals surface area contributed by atoms with Crippen molar-refractivity contribution in [2.45, 2.75) is 32.7 Å². The van der Waals surface area contributed by atoms with Gasteiger partial charge in [0.25, 0.3) is 0 Å². The Kier molecular flexibility index (Phi) is 2.88. The quantitative estimate of drug-likeness (QED) is 0.869. The predicted molar refractivity (Wildman–Crippen MR) is 78.2 cm³/mol. The van der Waals surface area contributed by atoms with Gasteiger partial charge < -0.3 is 5.73 Å². The molecular formula is C13H16BrN3S. The van der Waals surface area contributed by atoms with Crippen LogP contribution in [0.25, 0.3) is 5.13 Å². The number of fused-ring (bicyclic) bond motifs is 1. The van der Waals surface area contributed by atoms with E-state index >= 15 is 0 Å². The highest BCUT2D eigenvalue weighted by atomic mass is 79.9. The minimum absolute atomic E-state index is 0.147. The molecule has 2 heterocycles. The number of rotatable bonds is 1. The van der Waals surface area contributed by atoms with Crippen molar-refractivity contribution in [3.63, 3.8) is 0 Å². The van der Waals surface area contributed by atoms with Crippen LogP contribution in [0.2, 0.25) is 0 Å². The van der Waals surface area contributed by atoms with Crippen molar-refractivity contribution >= 4 is 27.3 Å². The maximum absolute atomic E-state index is 6.28. The molecule has 0 bridgehead atoms. The van der Waals surface area contributed by atoms with Gasteiger partial charge in [-0.3, -0.25) is 4.57 Å². The fraction of sp³-hybridized carbons (Fsp3) is 0.462. The molecule has 0 saturated carbocycles. The molecule has 0 aliphatic heterocycles. The average molecular weight is 326 g/mol. The first-order chi connectivity index (χ1) is 8.46. The normalized spacial score (nSPS) is 21.9. The molecule has 3 nitrogen and oxygen atoms in total. The topological polar surface area (TPSA) is 43.8 Å². The van der Waals surface area contributed by atoms with Gasteiger partial charge in [0.05, 0.1) is 9.98 Å². The number of hydrogen-bond donors (Lipinski definition) is 1. The van der Waals surface area contributed by atoms with E-state index in [-0.39, 0.29) is 11.5 Å². The van der Waals surface area contributed by atoms with E-state index in [0.717, 1.165) is 21.8 Å². The lowest BCUT2D eigenvalue weighted by Crippen LogP contribution is -2.30. The zero-order chi connectivity index (χ0) is 12.9. The van der Waals surface area contributed by atoms with Crippen molar-refractivity contribution in [2.75, 3.05) is 0 Å². The molecule has 0 fully saturated rings. The molecule has 2 aromatic heterocycles. The monoisotopic (exact) mass is 325 g/mol. The number of halogens is 1. The summed E-state index contributed by atoms with van der Waals surface area (Å²) in [6.45, 7) is 4.57. The van der Waals surface area contributed by atoms with Crippen molar-refractivity contribution < 1.29 is 0 Å². The Labute approximate surface area is 119 Å². The summed E-state index contributed by atoms with van der Waals surface area (Å²) in [5, 5.41) is 1.01. The number of nitrogens with zero attached hydrogens (tertiary/aromatic N) is 2. The zero-order valence-electron chi connectivity index (χ0n) is 10.5. The molecule has 2 aromatic rings. The Morgan fingerprint density at radius 1 is 1.56 bits per heavy atom. The van der Waals surface area contributed by atoms with E-state index in [1.54, 1.807) is 11.3 Å². The second-order valence-electron chi connectivity index (χ2n) is 5.69. The second-order valence-corrected chi connectivity index (χ2v) is 8.07. The standard InChI is InChI=1S/C13H16BrN3S/c1-13(2)5-9(15)8-3-4-17(10(8)6-13)12-16-7-11(14)18-12/h3-4,7,9H,5-6,15H2,1-2H3. The van der Waals surface area contributed by atoms with Gasteiger partial charge in [0.2, 0.25) is 0 Å². The van der Waals surface area contributed by atoms with Crippen molar-refractivity contribution in [1.82, 2.24) is 9.55 Å². The number of aromatic nitrogens is 2. The smallest absolute Gasteiger partial charge is 0.194 e. The zero-order valence-corrected chi connectivity index (χ0v) is 12.9. The van der Waals surface area contributed by atoms with Crippen LogP contribution in [-0.4, -0.2) is 9.55 Å². The Bertz CT molecular complexity index is 585. The second kappa shape index (κ2) is 4.18. The Morgan fingerprint density at radius 2 is 2.33 bits per heavy atom. The molecule has 3 rings (SSSR count). The van der Waals surface area contributed by atoms with E-state index in [9.17, 15) is 0 Å². The molecule has 2 N–H and O–H groups in total. The van der Waals surface area contributed by atoms with Gasteiger partial charge in [-0.2, -0.15) is 0 Å². The van der Waals surface area contributed by atoms with Crippen LogP contribution < -0.4 is 5.73 Å². The highest BCUT2D eigenvalue weighted by Crippen LogP contribution is 2.41. The van der Waals surface area contributed by atoms with E-state index in [2.05, 4.69) is 51.6 Å². The van der Waals surface area contributed by atoms with E-state index in [1.807, 2.05) is 6.20 Å². The van der Waals surface area contributed by atoms with Crippen LogP contribution >= 0.6 is 27.3 Å². The molecule has 1 aliphatic rings. The average Bonchev–Trinajstić information content (AvgIpc) is 2.82. The predicted octanol–water partition coefficient (Wildman–Crippen LogP) is 3.67. The van der Waals surface area contributed by atoms with Gasteiger partial charge in [0.1, 0.15) is 0 Å². The van der Waals surface area contributed by atoms with Crippen molar-refractivity contribution in [3.8, 4) is 5.13 Å². The van der Waals surface area contributed by atoms with Gasteiger partial charge in [-0.25, -0.2) is 4.98 Å². The summed E-state index contributed by atoms with van der Waals surface area (Å²) in [6.07, 6.45) is 6.04. The molecule has 1 aliphatic carbocycles. The third kappa shape index (κ3) is 2.04. The molecule has 0 spiro atoms. The van der Waals surface area contributed by atoms with E-state index in [0.29, 0.717) is 0 Å². The molecule has 1 unspecified atom stereocenters. The van der Waals surface area contributed by atoms with Crippen LogP contribution in [0, 0.1) is 5.41 Å². The SMILES string of the molecule is CC1(C)Cc2c(ccn2-c2ncc(Br)s2)C(N)C1. The van der Waals surface area contributed by atoms with E-state index in [4.69, 9.17) is 5.73 Å². The van der Waals surface area contributed by atoms with Gasteiger partial charge >= 0.3 is 0 Å². The van der Waals surface area contributed by atoms with Gasteiger partial charge in [0, 0.05) is 17.9 Å². The molecule has 0 saturated heterocycles. The van der Waals surface area contributed by atoms with Gasteiger partial charge in [-0.1, -0.05) is 25.2 Å². The number of thiazole rings is 1. The highest BCUT2D eigenvalue weighted by Gasteiger charge is 2.32. The summed E-state index contributed by atoms with van der Waals surface area (Å²) in [7, 11) is 0. The van der Waals surface area contributed by atoms with Crippen LogP contribution in [0.15, 0.2) is 22.2 Å². The molecule has 0 aromatic carbocycles. The summed E-state index contributed by atoms with van der Waals surface area (Å²) in [4.78, 5) is 4.43. The van der Waals surface area contributed by atoms with E-state index in [1.165, 1.54) is 11.3 Å². The number of nitrogens with two attached hydrogens (primary N) is 1. The summed E-state index contributed by atoms with van der Waals surface area (Å²) in [5.41, 5.74) is 9.14. The lowest BCUT2D eigenvalue weighted by atomic mass is 9.75. The molecule has 18 heavy (non-hydrogen) atoms. The third-order valence-electron chi connectivity index (χ3n) is 3.52. The fourth-order valence-corrected chi connectivity index (χ4v) is 3.96. The van der Waals surface area contributed by atoms with Crippen LogP contribution in [0.5, 0.6) is 0 Å². The van der Waals surface area contributed by atoms with Gasteiger partial charge in [-0.15, -0.1) is 0 Å². The lowest BCUT2D eigenvalue weighted by Gasteiger charge is -2.34. The lowest BCUT2D eigenvalue weighted by molar-refractivity contribution is 0.278. The molecule has 5 heteroatoms. The fourth-order valence-electron chi connectivity index (χ4n) is 2.77. The Morgan fingerprint density at radius 3 is 3.00 bits per heavy atom. The van der Waals surface area contributed by atoms with Gasteiger partial charge in [0.15, 0.2) is 5.13 Å². The van der Waals surface area contributed by atoms with Crippen molar-refractivity contribution in [1.29, 1.82) is 0 Å². The van der Waals surface area contributed by atoms with E-state index < -0.39 is 0 Å².